The molecular formula is C24H13Cl3N2O. The Hall–Kier alpha value is -3.03. The number of carbonyl (C=O) groups is 1. The van der Waals surface area contributed by atoms with Crippen molar-refractivity contribution in [2.24, 2.45) is 0 Å². The van der Waals surface area contributed by atoms with E-state index < -0.39 is 5.78 Å². The lowest BCUT2D eigenvalue weighted by atomic mass is 9.99. The largest absolute Gasteiger partial charge is 0.354 e. The minimum atomic E-state index is -0.427. The minimum Gasteiger partial charge on any atom is -0.354 e. The highest BCUT2D eigenvalue weighted by Crippen LogP contribution is 2.33. The van der Waals surface area contributed by atoms with Gasteiger partial charge in [-0.2, -0.15) is 5.26 Å². The quantitative estimate of drug-likeness (QED) is 0.197. The standard InChI is InChI=1S/C24H13Cl3N2O/c25-17-8-5-14(6-9-17)23-19(18-3-1-2-4-22(18)29-23)11-16(13-28)24(30)15-7-10-20(26)21(27)12-15/h1-12,29H. The van der Waals surface area contributed by atoms with Crippen LogP contribution in [0.4, 0.5) is 0 Å². The van der Waals surface area contributed by atoms with Gasteiger partial charge in [0.15, 0.2) is 0 Å². The molecule has 1 N–H and O–H groups in total. The third kappa shape index (κ3) is 3.86. The zero-order valence-electron chi connectivity index (χ0n) is 15.4. The van der Waals surface area contributed by atoms with Crippen molar-refractivity contribution in [3.05, 3.63) is 98.5 Å². The molecule has 0 saturated carbocycles. The highest BCUT2D eigenvalue weighted by atomic mass is 35.5. The number of H-pyrrole nitrogens is 1. The van der Waals surface area contributed by atoms with Gasteiger partial charge >= 0.3 is 0 Å². The predicted octanol–water partition coefficient (Wildman–Crippen LogP) is 7.58. The van der Waals surface area contributed by atoms with Crippen LogP contribution in [0.5, 0.6) is 0 Å². The molecule has 0 unspecified atom stereocenters. The molecule has 0 amide bonds. The smallest absolute Gasteiger partial charge is 0.203 e. The second-order valence-electron chi connectivity index (χ2n) is 6.59. The van der Waals surface area contributed by atoms with E-state index in [1.54, 1.807) is 24.3 Å². The second-order valence-corrected chi connectivity index (χ2v) is 7.84. The van der Waals surface area contributed by atoms with Crippen LogP contribution >= 0.6 is 34.8 Å². The number of hydrogen-bond acceptors (Lipinski definition) is 2. The lowest BCUT2D eigenvalue weighted by Crippen LogP contribution is -2.02. The fourth-order valence-electron chi connectivity index (χ4n) is 3.24. The molecular weight excluding hydrogens is 439 g/mol. The number of nitrogens with zero attached hydrogens (tertiary/aromatic N) is 1. The number of ketones is 1. The Morgan fingerprint density at radius 3 is 2.37 bits per heavy atom. The number of benzene rings is 3. The van der Waals surface area contributed by atoms with Gasteiger partial charge in [0.1, 0.15) is 11.6 Å². The Kier molecular flexibility index (Phi) is 5.65. The van der Waals surface area contributed by atoms with Crippen LogP contribution in [-0.2, 0) is 0 Å². The number of allylic oxidation sites excluding steroid dienone is 1. The number of rotatable bonds is 4. The summed E-state index contributed by atoms with van der Waals surface area (Å²) in [6.07, 6.45) is 1.60. The van der Waals surface area contributed by atoms with E-state index in [1.165, 1.54) is 12.1 Å². The Morgan fingerprint density at radius 1 is 0.933 bits per heavy atom. The summed E-state index contributed by atoms with van der Waals surface area (Å²) in [5, 5.41) is 11.9. The molecule has 30 heavy (non-hydrogen) atoms. The molecule has 0 saturated heterocycles. The Labute approximate surface area is 188 Å². The van der Waals surface area contributed by atoms with Crippen molar-refractivity contribution in [1.29, 1.82) is 5.26 Å². The highest BCUT2D eigenvalue weighted by Gasteiger charge is 2.17. The average molecular weight is 452 g/mol. The van der Waals surface area contributed by atoms with Crippen LogP contribution < -0.4 is 0 Å². The van der Waals surface area contributed by atoms with Crippen LogP contribution in [0.25, 0.3) is 28.2 Å². The number of nitrogens with one attached hydrogen (secondary N) is 1. The summed E-state index contributed by atoms with van der Waals surface area (Å²) in [5.74, 6) is -0.427. The zero-order valence-corrected chi connectivity index (χ0v) is 17.7. The summed E-state index contributed by atoms with van der Waals surface area (Å²) in [7, 11) is 0. The number of aromatic amines is 1. The molecule has 0 fully saturated rings. The molecule has 0 aliphatic carbocycles. The number of fused-ring (bicyclic) bond motifs is 1. The molecule has 0 atom stereocenters. The van der Waals surface area contributed by atoms with Gasteiger partial charge in [-0.15, -0.1) is 0 Å². The van der Waals surface area contributed by atoms with Crippen LogP contribution in [0.1, 0.15) is 15.9 Å². The Bertz CT molecular complexity index is 1350. The van der Waals surface area contributed by atoms with Gasteiger partial charge in [0.05, 0.1) is 15.7 Å². The maximum Gasteiger partial charge on any atom is 0.203 e. The van der Waals surface area contributed by atoms with Crippen LogP contribution in [0.3, 0.4) is 0 Å². The van der Waals surface area contributed by atoms with Crippen molar-refractivity contribution in [3.63, 3.8) is 0 Å². The van der Waals surface area contributed by atoms with Crippen LogP contribution in [0, 0.1) is 11.3 Å². The van der Waals surface area contributed by atoms with Crippen LogP contribution in [-0.4, -0.2) is 10.8 Å². The van der Waals surface area contributed by atoms with Gasteiger partial charge in [-0.1, -0.05) is 65.1 Å². The van der Waals surface area contributed by atoms with E-state index >= 15 is 0 Å². The lowest BCUT2D eigenvalue weighted by molar-refractivity contribution is 0.104. The number of hydrogen-bond donors (Lipinski definition) is 1. The van der Waals surface area contributed by atoms with E-state index in [2.05, 4.69) is 4.98 Å². The molecule has 3 nitrogen and oxygen atoms in total. The summed E-state index contributed by atoms with van der Waals surface area (Å²) in [6, 6.07) is 21.7. The zero-order chi connectivity index (χ0) is 21.3. The molecule has 3 aromatic carbocycles. The Balaban J connectivity index is 1.88. The van der Waals surface area contributed by atoms with Gasteiger partial charge in [-0.25, -0.2) is 0 Å². The fraction of sp³-hybridized carbons (Fsp3) is 0. The maximum absolute atomic E-state index is 13.0. The van der Waals surface area contributed by atoms with Gasteiger partial charge < -0.3 is 4.98 Å². The molecule has 4 aromatic rings. The summed E-state index contributed by atoms with van der Waals surface area (Å²) in [5.41, 5.74) is 3.62. The first kappa shape index (κ1) is 20.3. The molecule has 0 aliphatic rings. The van der Waals surface area contributed by atoms with Crippen molar-refractivity contribution in [1.82, 2.24) is 4.98 Å². The minimum absolute atomic E-state index is 0.00615. The highest BCUT2D eigenvalue weighted by molar-refractivity contribution is 6.42. The van der Waals surface area contributed by atoms with Crippen molar-refractivity contribution in [2.75, 3.05) is 0 Å². The normalized spacial score (nSPS) is 11.5. The van der Waals surface area contributed by atoms with Gasteiger partial charge in [-0.3, -0.25) is 4.79 Å². The van der Waals surface area contributed by atoms with Gasteiger partial charge in [0.25, 0.3) is 0 Å². The summed E-state index contributed by atoms with van der Waals surface area (Å²) in [4.78, 5) is 16.4. The predicted molar refractivity (Wildman–Crippen MR) is 123 cm³/mol. The van der Waals surface area contributed by atoms with E-state index in [0.29, 0.717) is 15.6 Å². The molecule has 6 heteroatoms. The van der Waals surface area contributed by atoms with E-state index in [4.69, 9.17) is 34.8 Å². The molecule has 0 spiro atoms. The summed E-state index contributed by atoms with van der Waals surface area (Å²) in [6.45, 7) is 0. The SMILES string of the molecule is N#CC(=Cc1c(-c2ccc(Cl)cc2)[nH]c2ccccc12)C(=O)c1ccc(Cl)c(Cl)c1. The molecule has 146 valence electrons. The molecule has 4 rings (SSSR count). The van der Waals surface area contributed by atoms with Crippen LogP contribution in [0.15, 0.2) is 72.3 Å². The first-order valence-electron chi connectivity index (χ1n) is 8.96. The molecule has 0 radical (unpaired) electrons. The molecule has 0 aliphatic heterocycles. The maximum atomic E-state index is 13.0. The molecule has 0 bridgehead atoms. The number of aromatic nitrogens is 1. The van der Waals surface area contributed by atoms with Gasteiger partial charge in [0, 0.05) is 27.1 Å². The average Bonchev–Trinajstić information content (AvgIpc) is 3.12. The van der Waals surface area contributed by atoms with Gasteiger partial charge in [-0.05, 0) is 48.0 Å². The van der Waals surface area contributed by atoms with Crippen LogP contribution in [0.2, 0.25) is 15.1 Å². The van der Waals surface area contributed by atoms with Crippen molar-refractivity contribution >= 4 is 57.6 Å². The number of halogens is 3. The number of para-hydroxylation sites is 1. The lowest BCUT2D eigenvalue weighted by Gasteiger charge is -2.04. The third-order valence-electron chi connectivity index (χ3n) is 4.71. The number of Topliss-reactive ketones (excluding diaryl/α,β-unsaturated/α-hetero) is 1. The topological polar surface area (TPSA) is 56.6 Å². The van der Waals surface area contributed by atoms with Crippen molar-refractivity contribution in [2.45, 2.75) is 0 Å². The number of carbonyl (C=O) groups excluding carboxylic acids is 1. The van der Waals surface area contributed by atoms with Crippen molar-refractivity contribution in [3.8, 4) is 17.3 Å². The summed E-state index contributed by atoms with van der Waals surface area (Å²) >= 11 is 18.0. The van der Waals surface area contributed by atoms with E-state index in [9.17, 15) is 10.1 Å². The first-order valence-corrected chi connectivity index (χ1v) is 10.1. The first-order chi connectivity index (χ1) is 14.5. The monoisotopic (exact) mass is 450 g/mol. The van der Waals surface area contributed by atoms with E-state index in [1.807, 2.05) is 42.5 Å². The number of nitriles is 1. The summed E-state index contributed by atoms with van der Waals surface area (Å²) < 4.78 is 0. The fourth-order valence-corrected chi connectivity index (χ4v) is 3.67. The van der Waals surface area contributed by atoms with Gasteiger partial charge in [0.2, 0.25) is 5.78 Å². The third-order valence-corrected chi connectivity index (χ3v) is 5.71. The van der Waals surface area contributed by atoms with E-state index in [-0.39, 0.29) is 10.6 Å². The molecule has 1 aromatic heterocycles. The van der Waals surface area contributed by atoms with E-state index in [0.717, 1.165) is 27.7 Å². The Morgan fingerprint density at radius 2 is 1.67 bits per heavy atom. The molecule has 1 heterocycles. The second kappa shape index (κ2) is 8.38. The van der Waals surface area contributed by atoms with Crippen molar-refractivity contribution < 1.29 is 4.79 Å².